The van der Waals surface area contributed by atoms with Gasteiger partial charge in [-0.1, -0.05) is 24.3 Å². The predicted octanol–water partition coefficient (Wildman–Crippen LogP) is 2.72. The minimum atomic E-state index is 0.631. The average Bonchev–Trinajstić information content (AvgIpc) is 3.22. The standard InChI is InChI=1S/C22H34N6/c1-18(2)27-12-6-8-19(16-27)14-24-22(23-3)25-15-20-9-4-5-10-21(20)17-28-13-7-11-26-28/h4-5,7,9-11,13,18-19H,6,8,12,14-17H2,1-3H3,(H2,23,24,25). The van der Waals surface area contributed by atoms with Crippen LogP contribution in [0.3, 0.4) is 0 Å². The van der Waals surface area contributed by atoms with Crippen LogP contribution >= 0.6 is 0 Å². The van der Waals surface area contributed by atoms with Crippen molar-refractivity contribution >= 4 is 5.96 Å². The van der Waals surface area contributed by atoms with Gasteiger partial charge in [-0.3, -0.25) is 9.67 Å². The number of aliphatic imine (C=N–C) groups is 1. The minimum Gasteiger partial charge on any atom is -0.356 e. The number of likely N-dealkylation sites (tertiary alicyclic amines) is 1. The van der Waals surface area contributed by atoms with Gasteiger partial charge in [-0.05, 0) is 56.3 Å². The lowest BCUT2D eigenvalue weighted by atomic mass is 9.97. The number of nitrogens with zero attached hydrogens (tertiary/aromatic N) is 4. The van der Waals surface area contributed by atoms with E-state index in [0.29, 0.717) is 12.0 Å². The molecule has 28 heavy (non-hydrogen) atoms. The number of guanidine groups is 1. The molecule has 2 aromatic rings. The maximum Gasteiger partial charge on any atom is 0.191 e. The zero-order valence-corrected chi connectivity index (χ0v) is 17.4. The number of hydrogen-bond donors (Lipinski definition) is 2. The smallest absolute Gasteiger partial charge is 0.191 e. The maximum absolute atomic E-state index is 4.41. The molecule has 1 saturated heterocycles. The molecule has 2 N–H and O–H groups in total. The van der Waals surface area contributed by atoms with Gasteiger partial charge < -0.3 is 15.5 Å². The van der Waals surface area contributed by atoms with E-state index >= 15 is 0 Å². The Balaban J connectivity index is 1.51. The highest BCUT2D eigenvalue weighted by Gasteiger charge is 2.21. The molecule has 1 fully saturated rings. The monoisotopic (exact) mass is 382 g/mol. The Labute approximate surface area is 169 Å². The summed E-state index contributed by atoms with van der Waals surface area (Å²) in [6.07, 6.45) is 6.39. The topological polar surface area (TPSA) is 57.5 Å². The Kier molecular flexibility index (Phi) is 7.48. The molecule has 6 heteroatoms. The lowest BCUT2D eigenvalue weighted by molar-refractivity contribution is 0.141. The van der Waals surface area contributed by atoms with E-state index in [4.69, 9.17) is 0 Å². The van der Waals surface area contributed by atoms with E-state index in [1.165, 1.54) is 37.1 Å². The fourth-order valence-electron chi connectivity index (χ4n) is 3.83. The molecule has 1 aromatic carbocycles. The lowest BCUT2D eigenvalue weighted by Gasteiger charge is -2.35. The second-order valence-corrected chi connectivity index (χ2v) is 7.88. The van der Waals surface area contributed by atoms with Crippen LogP contribution in [0.15, 0.2) is 47.7 Å². The fourth-order valence-corrected chi connectivity index (χ4v) is 3.83. The van der Waals surface area contributed by atoms with Crippen molar-refractivity contribution in [3.05, 3.63) is 53.9 Å². The summed E-state index contributed by atoms with van der Waals surface area (Å²) in [5.74, 6) is 1.55. The van der Waals surface area contributed by atoms with Crippen LogP contribution in [0.25, 0.3) is 0 Å². The number of nitrogens with one attached hydrogen (secondary N) is 2. The van der Waals surface area contributed by atoms with Crippen LogP contribution in [0.5, 0.6) is 0 Å². The fraction of sp³-hybridized carbons (Fsp3) is 0.545. The van der Waals surface area contributed by atoms with Crippen LogP contribution < -0.4 is 10.6 Å². The van der Waals surface area contributed by atoms with Gasteiger partial charge in [0.2, 0.25) is 0 Å². The largest absolute Gasteiger partial charge is 0.356 e. The maximum atomic E-state index is 4.41. The van der Waals surface area contributed by atoms with Crippen molar-refractivity contribution in [1.29, 1.82) is 0 Å². The molecule has 2 heterocycles. The molecule has 0 bridgehead atoms. The highest BCUT2D eigenvalue weighted by Crippen LogP contribution is 2.17. The molecular weight excluding hydrogens is 348 g/mol. The summed E-state index contributed by atoms with van der Waals surface area (Å²) in [5, 5.41) is 11.3. The number of piperidine rings is 1. The van der Waals surface area contributed by atoms with Crippen LogP contribution in [0.2, 0.25) is 0 Å². The Bertz CT molecular complexity index is 737. The van der Waals surface area contributed by atoms with Gasteiger partial charge in [0.1, 0.15) is 0 Å². The quantitative estimate of drug-likeness (QED) is 0.571. The summed E-state index contributed by atoms with van der Waals surface area (Å²) >= 11 is 0. The van der Waals surface area contributed by atoms with Crippen LogP contribution in [-0.4, -0.2) is 53.4 Å². The van der Waals surface area contributed by atoms with Crippen LogP contribution in [0.1, 0.15) is 37.8 Å². The molecule has 152 valence electrons. The Morgan fingerprint density at radius 2 is 2.04 bits per heavy atom. The molecule has 1 aliphatic heterocycles. The molecule has 1 unspecified atom stereocenters. The van der Waals surface area contributed by atoms with E-state index in [-0.39, 0.29) is 0 Å². The average molecular weight is 383 g/mol. The van der Waals surface area contributed by atoms with E-state index in [0.717, 1.165) is 25.6 Å². The van der Waals surface area contributed by atoms with E-state index < -0.39 is 0 Å². The summed E-state index contributed by atoms with van der Waals surface area (Å²) in [6, 6.07) is 11.1. The van der Waals surface area contributed by atoms with Crippen LogP contribution in [-0.2, 0) is 13.1 Å². The first kappa shape index (κ1) is 20.4. The lowest BCUT2D eigenvalue weighted by Crippen LogP contribution is -2.46. The molecule has 1 atom stereocenters. The van der Waals surface area contributed by atoms with Gasteiger partial charge in [0, 0.05) is 45.1 Å². The molecule has 0 saturated carbocycles. The first-order chi connectivity index (χ1) is 13.7. The molecular formula is C22H34N6. The Morgan fingerprint density at radius 3 is 2.75 bits per heavy atom. The highest BCUT2D eigenvalue weighted by molar-refractivity contribution is 5.79. The van der Waals surface area contributed by atoms with Crippen molar-refractivity contribution in [2.24, 2.45) is 10.9 Å². The van der Waals surface area contributed by atoms with Gasteiger partial charge in [0.15, 0.2) is 5.96 Å². The number of aromatic nitrogens is 2. The van der Waals surface area contributed by atoms with Gasteiger partial charge in [0.25, 0.3) is 0 Å². The van der Waals surface area contributed by atoms with Crippen molar-refractivity contribution in [2.75, 3.05) is 26.7 Å². The third-order valence-electron chi connectivity index (χ3n) is 5.52. The number of hydrogen-bond acceptors (Lipinski definition) is 3. The Morgan fingerprint density at radius 1 is 1.21 bits per heavy atom. The zero-order valence-electron chi connectivity index (χ0n) is 17.4. The third kappa shape index (κ3) is 5.83. The highest BCUT2D eigenvalue weighted by atomic mass is 15.3. The van der Waals surface area contributed by atoms with E-state index in [2.05, 4.69) is 63.7 Å². The van der Waals surface area contributed by atoms with Crippen molar-refractivity contribution in [3.8, 4) is 0 Å². The van der Waals surface area contributed by atoms with Crippen LogP contribution in [0, 0.1) is 5.92 Å². The van der Waals surface area contributed by atoms with Gasteiger partial charge in [-0.25, -0.2) is 0 Å². The molecule has 0 amide bonds. The second-order valence-electron chi connectivity index (χ2n) is 7.88. The van der Waals surface area contributed by atoms with E-state index in [1.807, 2.05) is 30.2 Å². The summed E-state index contributed by atoms with van der Waals surface area (Å²) in [4.78, 5) is 6.99. The van der Waals surface area contributed by atoms with E-state index in [9.17, 15) is 0 Å². The zero-order chi connectivity index (χ0) is 19.8. The van der Waals surface area contributed by atoms with Gasteiger partial charge in [-0.15, -0.1) is 0 Å². The minimum absolute atomic E-state index is 0.631. The predicted molar refractivity (Wildman–Crippen MR) is 115 cm³/mol. The SMILES string of the molecule is CN=C(NCc1ccccc1Cn1cccn1)NCC1CCCN(C(C)C)C1. The molecule has 6 nitrogen and oxygen atoms in total. The second kappa shape index (κ2) is 10.3. The number of benzene rings is 1. The summed E-state index contributed by atoms with van der Waals surface area (Å²) < 4.78 is 1.95. The Hall–Kier alpha value is -2.34. The molecule has 0 aliphatic carbocycles. The van der Waals surface area contributed by atoms with Gasteiger partial charge in [-0.2, -0.15) is 5.10 Å². The van der Waals surface area contributed by atoms with Gasteiger partial charge in [0.05, 0.1) is 6.54 Å². The van der Waals surface area contributed by atoms with Crippen molar-refractivity contribution in [2.45, 2.75) is 45.8 Å². The molecule has 3 rings (SSSR count). The van der Waals surface area contributed by atoms with Gasteiger partial charge >= 0.3 is 0 Å². The molecule has 0 radical (unpaired) electrons. The molecule has 0 spiro atoms. The van der Waals surface area contributed by atoms with Crippen molar-refractivity contribution in [3.63, 3.8) is 0 Å². The number of rotatable bonds is 7. The van der Waals surface area contributed by atoms with Crippen molar-refractivity contribution in [1.82, 2.24) is 25.3 Å². The van der Waals surface area contributed by atoms with Crippen LogP contribution in [0.4, 0.5) is 0 Å². The first-order valence-corrected chi connectivity index (χ1v) is 10.4. The molecule has 1 aliphatic rings. The summed E-state index contributed by atoms with van der Waals surface area (Å²) in [6.45, 7) is 9.48. The van der Waals surface area contributed by atoms with E-state index in [1.54, 1.807) is 0 Å². The molecule has 1 aromatic heterocycles. The third-order valence-corrected chi connectivity index (χ3v) is 5.52. The summed E-state index contributed by atoms with van der Waals surface area (Å²) in [5.41, 5.74) is 2.54. The summed E-state index contributed by atoms with van der Waals surface area (Å²) in [7, 11) is 1.84. The van der Waals surface area contributed by atoms with Crippen molar-refractivity contribution < 1.29 is 0 Å². The normalized spacial score (nSPS) is 18.4. The first-order valence-electron chi connectivity index (χ1n) is 10.4.